The number of hydrogen-bond acceptors (Lipinski definition) is 4. The van der Waals surface area contributed by atoms with E-state index in [0.717, 1.165) is 35.6 Å². The zero-order valence-corrected chi connectivity index (χ0v) is 12.3. The van der Waals surface area contributed by atoms with E-state index in [9.17, 15) is 4.79 Å². The van der Waals surface area contributed by atoms with Crippen molar-refractivity contribution >= 4 is 16.9 Å². The SMILES string of the molecule is CCc1nnc2n1CCN(C(=O)c1ccc3nc[nH]c3c1)C2. The molecule has 0 bridgehead atoms. The highest BCUT2D eigenvalue weighted by atomic mass is 16.2. The molecule has 0 fully saturated rings. The van der Waals surface area contributed by atoms with E-state index in [4.69, 9.17) is 0 Å². The number of aromatic amines is 1. The van der Waals surface area contributed by atoms with Crippen molar-refractivity contribution in [3.05, 3.63) is 41.7 Å². The summed E-state index contributed by atoms with van der Waals surface area (Å²) in [6.07, 6.45) is 2.49. The van der Waals surface area contributed by atoms with E-state index in [0.29, 0.717) is 18.7 Å². The van der Waals surface area contributed by atoms with Crippen LogP contribution in [0.15, 0.2) is 24.5 Å². The molecule has 1 N–H and O–H groups in total. The smallest absolute Gasteiger partial charge is 0.254 e. The van der Waals surface area contributed by atoms with Crippen LogP contribution in [0.3, 0.4) is 0 Å². The Labute approximate surface area is 127 Å². The number of hydrogen-bond donors (Lipinski definition) is 1. The maximum Gasteiger partial charge on any atom is 0.254 e. The van der Waals surface area contributed by atoms with Crippen LogP contribution < -0.4 is 0 Å². The zero-order valence-electron chi connectivity index (χ0n) is 12.3. The molecule has 1 amide bonds. The highest BCUT2D eigenvalue weighted by Gasteiger charge is 2.24. The van der Waals surface area contributed by atoms with Gasteiger partial charge in [-0.2, -0.15) is 0 Å². The molecular weight excluding hydrogens is 280 g/mol. The lowest BCUT2D eigenvalue weighted by molar-refractivity contribution is 0.0706. The van der Waals surface area contributed by atoms with Gasteiger partial charge in [0.15, 0.2) is 5.82 Å². The molecule has 0 saturated carbocycles. The van der Waals surface area contributed by atoms with E-state index in [1.54, 1.807) is 6.33 Å². The number of nitrogens with zero attached hydrogens (tertiary/aromatic N) is 5. The molecule has 0 aliphatic carbocycles. The Kier molecular flexibility index (Phi) is 2.92. The fourth-order valence-electron chi connectivity index (χ4n) is 2.90. The second-order valence-corrected chi connectivity index (χ2v) is 5.40. The highest BCUT2D eigenvalue weighted by Crippen LogP contribution is 2.18. The second kappa shape index (κ2) is 4.94. The molecule has 1 aliphatic rings. The molecule has 0 unspecified atom stereocenters. The molecule has 0 atom stereocenters. The standard InChI is InChI=1S/C15H16N6O/c1-2-13-18-19-14-8-20(5-6-21(13)14)15(22)10-3-4-11-12(7-10)17-9-16-11/h3-4,7,9H,2,5-6,8H2,1H3,(H,16,17). The minimum absolute atomic E-state index is 0.0174. The molecular formula is C15H16N6O. The number of rotatable bonds is 2. The Morgan fingerprint density at radius 3 is 3.09 bits per heavy atom. The highest BCUT2D eigenvalue weighted by molar-refractivity contribution is 5.97. The van der Waals surface area contributed by atoms with E-state index < -0.39 is 0 Å². The first-order valence-corrected chi connectivity index (χ1v) is 7.39. The number of nitrogens with one attached hydrogen (secondary N) is 1. The van der Waals surface area contributed by atoms with Gasteiger partial charge in [-0.1, -0.05) is 6.92 Å². The quantitative estimate of drug-likeness (QED) is 0.774. The van der Waals surface area contributed by atoms with E-state index in [1.165, 1.54) is 0 Å². The fourth-order valence-corrected chi connectivity index (χ4v) is 2.90. The van der Waals surface area contributed by atoms with Crippen LogP contribution in [0.5, 0.6) is 0 Å². The molecule has 7 heteroatoms. The average Bonchev–Trinajstić information content (AvgIpc) is 3.18. The molecule has 1 aliphatic heterocycles. The zero-order chi connectivity index (χ0) is 15.1. The van der Waals surface area contributed by atoms with Crippen molar-refractivity contribution in [2.75, 3.05) is 6.54 Å². The first-order valence-electron chi connectivity index (χ1n) is 7.39. The van der Waals surface area contributed by atoms with Crippen molar-refractivity contribution in [3.63, 3.8) is 0 Å². The summed E-state index contributed by atoms with van der Waals surface area (Å²) in [6.45, 7) is 4.00. The average molecular weight is 296 g/mol. The fraction of sp³-hybridized carbons (Fsp3) is 0.333. The number of fused-ring (bicyclic) bond motifs is 2. The van der Waals surface area contributed by atoms with Gasteiger partial charge in [0.05, 0.1) is 23.9 Å². The van der Waals surface area contributed by atoms with Gasteiger partial charge in [-0.15, -0.1) is 10.2 Å². The van der Waals surface area contributed by atoms with Gasteiger partial charge in [-0.05, 0) is 18.2 Å². The van der Waals surface area contributed by atoms with Crippen LogP contribution in [0.1, 0.15) is 28.9 Å². The normalized spacial score (nSPS) is 14.3. The molecule has 3 heterocycles. The Hall–Kier alpha value is -2.70. The van der Waals surface area contributed by atoms with Gasteiger partial charge in [0, 0.05) is 25.1 Å². The van der Waals surface area contributed by atoms with Crippen LogP contribution in [0.4, 0.5) is 0 Å². The van der Waals surface area contributed by atoms with Gasteiger partial charge in [0.1, 0.15) is 5.82 Å². The lowest BCUT2D eigenvalue weighted by Gasteiger charge is -2.27. The summed E-state index contributed by atoms with van der Waals surface area (Å²) < 4.78 is 2.11. The van der Waals surface area contributed by atoms with Gasteiger partial charge < -0.3 is 14.5 Å². The maximum atomic E-state index is 12.7. The third-order valence-corrected chi connectivity index (χ3v) is 4.10. The van der Waals surface area contributed by atoms with Crippen LogP contribution in [0.2, 0.25) is 0 Å². The third-order valence-electron chi connectivity index (χ3n) is 4.10. The summed E-state index contributed by atoms with van der Waals surface area (Å²) >= 11 is 0. The van der Waals surface area contributed by atoms with E-state index >= 15 is 0 Å². The van der Waals surface area contributed by atoms with Crippen molar-refractivity contribution < 1.29 is 4.79 Å². The lowest BCUT2D eigenvalue weighted by Crippen LogP contribution is -2.38. The Morgan fingerprint density at radius 2 is 2.23 bits per heavy atom. The number of H-pyrrole nitrogens is 1. The summed E-state index contributed by atoms with van der Waals surface area (Å²) in [5.74, 6) is 1.86. The largest absolute Gasteiger partial charge is 0.345 e. The summed E-state index contributed by atoms with van der Waals surface area (Å²) in [5.41, 5.74) is 2.40. The van der Waals surface area contributed by atoms with Gasteiger partial charge in [0.2, 0.25) is 0 Å². The Balaban J connectivity index is 1.60. The van der Waals surface area contributed by atoms with Gasteiger partial charge >= 0.3 is 0 Å². The molecule has 22 heavy (non-hydrogen) atoms. The Morgan fingerprint density at radius 1 is 1.32 bits per heavy atom. The summed E-state index contributed by atoms with van der Waals surface area (Å²) in [4.78, 5) is 21.7. The van der Waals surface area contributed by atoms with Crippen LogP contribution >= 0.6 is 0 Å². The molecule has 3 aromatic rings. The Bertz CT molecular complexity index is 849. The van der Waals surface area contributed by atoms with Crippen LogP contribution in [0.25, 0.3) is 11.0 Å². The minimum atomic E-state index is 0.0174. The minimum Gasteiger partial charge on any atom is -0.345 e. The predicted octanol–water partition coefficient (Wildman–Crippen LogP) is 1.37. The topological polar surface area (TPSA) is 79.7 Å². The number of aryl methyl sites for hydroxylation is 1. The predicted molar refractivity (Wildman–Crippen MR) is 80.2 cm³/mol. The van der Waals surface area contributed by atoms with Crippen LogP contribution in [0, 0.1) is 0 Å². The van der Waals surface area contributed by atoms with E-state index in [2.05, 4.69) is 31.7 Å². The van der Waals surface area contributed by atoms with E-state index in [-0.39, 0.29) is 5.91 Å². The van der Waals surface area contributed by atoms with Gasteiger partial charge in [-0.25, -0.2) is 4.98 Å². The first kappa shape index (κ1) is 13.0. The molecule has 0 radical (unpaired) electrons. The number of imidazole rings is 1. The van der Waals surface area contributed by atoms with E-state index in [1.807, 2.05) is 23.1 Å². The molecule has 2 aromatic heterocycles. The monoisotopic (exact) mass is 296 g/mol. The molecule has 0 saturated heterocycles. The first-order chi connectivity index (χ1) is 10.8. The van der Waals surface area contributed by atoms with Crippen molar-refractivity contribution in [3.8, 4) is 0 Å². The third kappa shape index (κ3) is 1.97. The number of carbonyl (C=O) groups excluding carboxylic acids is 1. The van der Waals surface area contributed by atoms with Crippen LogP contribution in [-0.2, 0) is 19.5 Å². The second-order valence-electron chi connectivity index (χ2n) is 5.40. The van der Waals surface area contributed by atoms with Crippen molar-refractivity contribution in [2.24, 2.45) is 0 Å². The molecule has 1 aromatic carbocycles. The van der Waals surface area contributed by atoms with Crippen molar-refractivity contribution in [1.29, 1.82) is 0 Å². The number of benzene rings is 1. The van der Waals surface area contributed by atoms with Gasteiger partial charge in [0.25, 0.3) is 5.91 Å². The summed E-state index contributed by atoms with van der Waals surface area (Å²) in [5, 5.41) is 8.38. The molecule has 7 nitrogen and oxygen atoms in total. The molecule has 4 rings (SSSR count). The summed E-state index contributed by atoms with van der Waals surface area (Å²) in [7, 11) is 0. The van der Waals surface area contributed by atoms with Crippen molar-refractivity contribution in [2.45, 2.75) is 26.4 Å². The number of amides is 1. The lowest BCUT2D eigenvalue weighted by atomic mass is 10.1. The van der Waals surface area contributed by atoms with Crippen molar-refractivity contribution in [1.82, 2.24) is 29.6 Å². The van der Waals surface area contributed by atoms with Gasteiger partial charge in [-0.3, -0.25) is 4.79 Å². The molecule has 112 valence electrons. The number of carbonyl (C=O) groups is 1. The molecule has 0 spiro atoms. The number of aromatic nitrogens is 5. The summed E-state index contributed by atoms with van der Waals surface area (Å²) in [6, 6.07) is 5.53. The maximum absolute atomic E-state index is 12.7. The van der Waals surface area contributed by atoms with Crippen LogP contribution in [-0.4, -0.2) is 42.1 Å².